The van der Waals surface area contributed by atoms with Crippen LogP contribution in [0.3, 0.4) is 0 Å². The molecule has 82 valence electrons. The average molecular weight is 269 g/mol. The largest absolute Gasteiger partial charge is 0.383 e. The maximum atomic E-state index is 4.14. The van der Waals surface area contributed by atoms with Gasteiger partial charge in [0.25, 0.3) is 0 Å². The summed E-state index contributed by atoms with van der Waals surface area (Å²) in [7, 11) is 0. The minimum Gasteiger partial charge on any atom is -0.383 e. The number of aromatic nitrogens is 1. The molecular weight excluding hydrogens is 252 g/mol. The van der Waals surface area contributed by atoms with E-state index in [0.717, 1.165) is 16.7 Å². The molecule has 0 amide bonds. The molecule has 3 heteroatoms. The van der Waals surface area contributed by atoms with Gasteiger partial charge in [0.2, 0.25) is 0 Å². The number of anilines is 1. The summed E-state index contributed by atoms with van der Waals surface area (Å²) in [5, 5.41) is 3.48. The highest BCUT2D eigenvalue weighted by atomic mass is 79.9. The average Bonchev–Trinajstić information content (AvgIpc) is 2.97. The molecule has 0 saturated heterocycles. The Labute approximate surface area is 99.6 Å². The molecule has 1 saturated carbocycles. The predicted octanol–water partition coefficient (Wildman–Crippen LogP) is 3.84. The van der Waals surface area contributed by atoms with Gasteiger partial charge in [0.15, 0.2) is 0 Å². The molecule has 2 nitrogen and oxygen atoms in total. The predicted molar refractivity (Wildman–Crippen MR) is 67.0 cm³/mol. The SMILES string of the molecule is CCCC1(CNc2cncc(Br)c2)CC1. The van der Waals surface area contributed by atoms with Gasteiger partial charge in [-0.05, 0) is 46.7 Å². The molecule has 1 aliphatic carbocycles. The van der Waals surface area contributed by atoms with Crippen molar-refractivity contribution in [3.63, 3.8) is 0 Å². The molecule has 0 aliphatic heterocycles. The number of hydrogen-bond acceptors (Lipinski definition) is 2. The highest BCUT2D eigenvalue weighted by molar-refractivity contribution is 9.10. The number of nitrogens with zero attached hydrogens (tertiary/aromatic N) is 1. The van der Waals surface area contributed by atoms with Crippen LogP contribution < -0.4 is 5.32 Å². The number of pyridine rings is 1. The fraction of sp³-hybridized carbons (Fsp3) is 0.583. The lowest BCUT2D eigenvalue weighted by Crippen LogP contribution is -2.15. The summed E-state index contributed by atoms with van der Waals surface area (Å²) in [6.07, 6.45) is 9.10. The van der Waals surface area contributed by atoms with E-state index in [0.29, 0.717) is 5.41 Å². The number of hydrogen-bond donors (Lipinski definition) is 1. The summed E-state index contributed by atoms with van der Waals surface area (Å²) < 4.78 is 1.04. The normalized spacial score (nSPS) is 17.5. The van der Waals surface area contributed by atoms with Gasteiger partial charge in [-0.25, -0.2) is 0 Å². The molecule has 0 spiro atoms. The molecule has 1 aromatic heterocycles. The van der Waals surface area contributed by atoms with Crippen LogP contribution in [0.5, 0.6) is 0 Å². The standard InChI is InChI=1S/C12H17BrN2/c1-2-3-12(4-5-12)9-15-11-6-10(13)7-14-8-11/h6-8,15H,2-5,9H2,1H3. The summed E-state index contributed by atoms with van der Waals surface area (Å²) in [4.78, 5) is 4.14. The van der Waals surface area contributed by atoms with Crippen molar-refractivity contribution in [1.29, 1.82) is 0 Å². The Bertz CT molecular complexity index is 334. The van der Waals surface area contributed by atoms with E-state index in [4.69, 9.17) is 0 Å². The third-order valence-electron chi connectivity index (χ3n) is 3.11. The highest BCUT2D eigenvalue weighted by Gasteiger charge is 2.40. The Morgan fingerprint density at radius 3 is 2.87 bits per heavy atom. The molecule has 1 heterocycles. The van der Waals surface area contributed by atoms with E-state index in [1.165, 1.54) is 25.7 Å². The Balaban J connectivity index is 1.88. The lowest BCUT2D eigenvalue weighted by Gasteiger charge is -2.15. The molecule has 1 N–H and O–H groups in total. The molecule has 0 aromatic carbocycles. The third-order valence-corrected chi connectivity index (χ3v) is 3.54. The van der Waals surface area contributed by atoms with E-state index in [-0.39, 0.29) is 0 Å². The monoisotopic (exact) mass is 268 g/mol. The minimum absolute atomic E-state index is 0.594. The fourth-order valence-electron chi connectivity index (χ4n) is 2.02. The van der Waals surface area contributed by atoms with Crippen molar-refractivity contribution in [2.75, 3.05) is 11.9 Å². The first-order valence-corrected chi connectivity index (χ1v) is 6.38. The summed E-state index contributed by atoms with van der Waals surface area (Å²) in [5.41, 5.74) is 1.71. The summed E-state index contributed by atoms with van der Waals surface area (Å²) in [6, 6.07) is 2.08. The van der Waals surface area contributed by atoms with Crippen LogP contribution in [0.2, 0.25) is 0 Å². The molecule has 0 bridgehead atoms. The van der Waals surface area contributed by atoms with Gasteiger partial charge >= 0.3 is 0 Å². The van der Waals surface area contributed by atoms with E-state index in [1.807, 2.05) is 12.4 Å². The fourth-order valence-corrected chi connectivity index (χ4v) is 2.39. The van der Waals surface area contributed by atoms with Crippen LogP contribution >= 0.6 is 15.9 Å². The first kappa shape index (κ1) is 10.9. The van der Waals surface area contributed by atoms with Crippen LogP contribution in [-0.4, -0.2) is 11.5 Å². The van der Waals surface area contributed by atoms with Crippen molar-refractivity contribution in [2.45, 2.75) is 32.6 Å². The van der Waals surface area contributed by atoms with Crippen molar-refractivity contribution in [3.05, 3.63) is 22.9 Å². The van der Waals surface area contributed by atoms with Gasteiger partial charge in [0.1, 0.15) is 0 Å². The van der Waals surface area contributed by atoms with Gasteiger partial charge in [0.05, 0.1) is 11.9 Å². The van der Waals surface area contributed by atoms with E-state index in [9.17, 15) is 0 Å². The maximum absolute atomic E-state index is 4.14. The van der Waals surface area contributed by atoms with Crippen molar-refractivity contribution >= 4 is 21.6 Å². The lowest BCUT2D eigenvalue weighted by molar-refractivity contribution is 0.485. The van der Waals surface area contributed by atoms with Gasteiger partial charge in [-0.2, -0.15) is 0 Å². The van der Waals surface area contributed by atoms with Crippen LogP contribution in [0.15, 0.2) is 22.9 Å². The molecule has 1 aliphatic rings. The molecule has 2 rings (SSSR count). The number of rotatable bonds is 5. The Morgan fingerprint density at radius 1 is 1.47 bits per heavy atom. The van der Waals surface area contributed by atoms with Crippen LogP contribution in [-0.2, 0) is 0 Å². The van der Waals surface area contributed by atoms with Gasteiger partial charge in [-0.1, -0.05) is 13.3 Å². The topological polar surface area (TPSA) is 24.9 Å². The van der Waals surface area contributed by atoms with Crippen LogP contribution in [0.4, 0.5) is 5.69 Å². The Morgan fingerprint density at radius 2 is 2.27 bits per heavy atom. The maximum Gasteiger partial charge on any atom is 0.0538 e. The highest BCUT2D eigenvalue weighted by Crippen LogP contribution is 2.49. The van der Waals surface area contributed by atoms with Gasteiger partial charge in [-0.15, -0.1) is 0 Å². The van der Waals surface area contributed by atoms with Gasteiger partial charge in [0, 0.05) is 17.2 Å². The smallest absolute Gasteiger partial charge is 0.0538 e. The second-order valence-electron chi connectivity index (χ2n) is 4.50. The van der Waals surface area contributed by atoms with Crippen LogP contribution in [0.1, 0.15) is 32.6 Å². The molecule has 0 atom stereocenters. The van der Waals surface area contributed by atoms with Crippen LogP contribution in [0, 0.1) is 5.41 Å². The van der Waals surface area contributed by atoms with Crippen molar-refractivity contribution in [1.82, 2.24) is 4.98 Å². The molecular formula is C12H17BrN2. The summed E-state index contributed by atoms with van der Waals surface area (Å²) in [5.74, 6) is 0. The molecule has 0 radical (unpaired) electrons. The van der Waals surface area contributed by atoms with Crippen molar-refractivity contribution in [2.24, 2.45) is 5.41 Å². The zero-order valence-electron chi connectivity index (χ0n) is 9.09. The molecule has 1 fully saturated rings. The number of nitrogens with one attached hydrogen (secondary N) is 1. The second-order valence-corrected chi connectivity index (χ2v) is 5.41. The van der Waals surface area contributed by atoms with Gasteiger partial charge < -0.3 is 5.32 Å². The quantitative estimate of drug-likeness (QED) is 0.878. The van der Waals surface area contributed by atoms with E-state index in [2.05, 4.69) is 39.2 Å². The Kier molecular flexibility index (Phi) is 3.29. The second kappa shape index (κ2) is 4.52. The molecule has 1 aromatic rings. The first-order valence-electron chi connectivity index (χ1n) is 5.58. The lowest BCUT2D eigenvalue weighted by atomic mass is 10.0. The van der Waals surface area contributed by atoms with E-state index in [1.54, 1.807) is 0 Å². The summed E-state index contributed by atoms with van der Waals surface area (Å²) >= 11 is 3.43. The zero-order chi connectivity index (χ0) is 10.7. The minimum atomic E-state index is 0.594. The van der Waals surface area contributed by atoms with E-state index >= 15 is 0 Å². The Hall–Kier alpha value is -0.570. The zero-order valence-corrected chi connectivity index (χ0v) is 10.7. The number of halogens is 1. The van der Waals surface area contributed by atoms with Crippen molar-refractivity contribution in [3.8, 4) is 0 Å². The molecule has 0 unspecified atom stereocenters. The summed E-state index contributed by atoms with van der Waals surface area (Å²) in [6.45, 7) is 3.36. The first-order chi connectivity index (χ1) is 7.24. The third kappa shape index (κ3) is 2.94. The molecule has 15 heavy (non-hydrogen) atoms. The van der Waals surface area contributed by atoms with Crippen molar-refractivity contribution < 1.29 is 0 Å². The van der Waals surface area contributed by atoms with E-state index < -0.39 is 0 Å². The van der Waals surface area contributed by atoms with Gasteiger partial charge in [-0.3, -0.25) is 4.98 Å². The van der Waals surface area contributed by atoms with Crippen LogP contribution in [0.25, 0.3) is 0 Å².